The van der Waals surface area contributed by atoms with Crippen LogP contribution in [0.3, 0.4) is 0 Å². The van der Waals surface area contributed by atoms with Crippen LogP contribution < -0.4 is 11.1 Å². The zero-order valence-electron chi connectivity index (χ0n) is 12.9. The van der Waals surface area contributed by atoms with Crippen molar-refractivity contribution in [1.29, 1.82) is 0 Å². The average Bonchev–Trinajstić information content (AvgIpc) is 2.41. The summed E-state index contributed by atoms with van der Waals surface area (Å²) in [6.45, 7) is 9.35. The van der Waals surface area contributed by atoms with Gasteiger partial charge in [0.2, 0.25) is 0 Å². The van der Waals surface area contributed by atoms with Crippen LogP contribution in [0, 0.1) is 13.8 Å². The van der Waals surface area contributed by atoms with E-state index in [9.17, 15) is 9.59 Å². The minimum absolute atomic E-state index is 0.317. The van der Waals surface area contributed by atoms with Gasteiger partial charge in [0.25, 0.3) is 0 Å². The van der Waals surface area contributed by atoms with Crippen LogP contribution in [0.1, 0.15) is 37.3 Å². The van der Waals surface area contributed by atoms with Gasteiger partial charge in [0.15, 0.2) is 0 Å². The summed E-state index contributed by atoms with van der Waals surface area (Å²) < 4.78 is 0. The normalized spacial score (nSPS) is 9.29. The highest BCUT2D eigenvalue weighted by molar-refractivity contribution is 5.88. The molecule has 0 aliphatic carbocycles. The Kier molecular flexibility index (Phi) is 8.53. The molecule has 1 aromatic rings. The van der Waals surface area contributed by atoms with Gasteiger partial charge in [-0.2, -0.15) is 0 Å². The molecule has 0 atom stereocenters. The fourth-order valence-corrected chi connectivity index (χ4v) is 1.52. The number of unbranched alkanes of at least 4 members (excludes halogenated alkanes) is 1. The molecule has 4 N–H and O–H groups in total. The fourth-order valence-electron chi connectivity index (χ4n) is 1.52. The predicted molar refractivity (Wildman–Crippen MR) is 85.4 cm³/mol. The number of benzene rings is 1. The summed E-state index contributed by atoms with van der Waals surface area (Å²) in [6, 6.07) is 5.17. The first kappa shape index (κ1) is 18.7. The second-order valence-electron chi connectivity index (χ2n) is 4.75. The van der Waals surface area contributed by atoms with Crippen LogP contribution in [0.25, 0.3) is 0 Å². The van der Waals surface area contributed by atoms with Gasteiger partial charge in [0.05, 0.1) is 0 Å². The summed E-state index contributed by atoms with van der Waals surface area (Å²) in [6.07, 6.45) is 2.56. The Morgan fingerprint density at radius 1 is 1.33 bits per heavy atom. The molecule has 0 aliphatic rings. The van der Waals surface area contributed by atoms with Crippen LogP contribution in [-0.2, 0) is 4.79 Å². The first-order chi connectivity index (χ1) is 9.79. The number of urea groups is 1. The van der Waals surface area contributed by atoms with Crippen LogP contribution in [0.4, 0.5) is 10.5 Å². The summed E-state index contributed by atoms with van der Waals surface area (Å²) in [4.78, 5) is 20.6. The van der Waals surface area contributed by atoms with Crippen molar-refractivity contribution in [2.24, 2.45) is 5.73 Å². The molecule has 0 bridgehead atoms. The van der Waals surface area contributed by atoms with Crippen molar-refractivity contribution in [2.45, 2.75) is 40.0 Å². The van der Waals surface area contributed by atoms with Gasteiger partial charge in [0, 0.05) is 11.3 Å². The number of nitrogens with one attached hydrogen (secondary N) is 1. The summed E-state index contributed by atoms with van der Waals surface area (Å²) in [5.74, 6) is -0.872. The molecule has 116 valence electrons. The van der Waals surface area contributed by atoms with Crippen molar-refractivity contribution < 1.29 is 14.7 Å². The van der Waals surface area contributed by atoms with Gasteiger partial charge in [0.1, 0.15) is 0 Å². The van der Waals surface area contributed by atoms with Crippen molar-refractivity contribution in [1.82, 2.24) is 0 Å². The molecule has 0 aliphatic heterocycles. The zero-order chi connectivity index (χ0) is 16.4. The number of hydrogen-bond donors (Lipinski definition) is 3. The summed E-state index contributed by atoms with van der Waals surface area (Å²) in [7, 11) is 0. The number of carboxylic acids is 1. The number of nitrogens with two attached hydrogens (primary N) is 1. The molecule has 0 aromatic heterocycles. The number of anilines is 1. The SMILES string of the molecule is C=C(CCCC)C(=O)O.Cc1cccc(NC(N)=O)c1C. The van der Waals surface area contributed by atoms with Crippen LogP contribution in [-0.4, -0.2) is 17.1 Å². The molecule has 2 amide bonds. The lowest BCUT2D eigenvalue weighted by atomic mass is 10.1. The van der Waals surface area contributed by atoms with Crippen molar-refractivity contribution >= 4 is 17.7 Å². The van der Waals surface area contributed by atoms with Crippen molar-refractivity contribution in [3.8, 4) is 0 Å². The average molecular weight is 292 g/mol. The molecule has 0 saturated heterocycles. The highest BCUT2D eigenvalue weighted by atomic mass is 16.4. The van der Waals surface area contributed by atoms with E-state index in [1.54, 1.807) is 0 Å². The largest absolute Gasteiger partial charge is 0.478 e. The number of hydrogen-bond acceptors (Lipinski definition) is 2. The Balaban J connectivity index is 0.000000400. The number of aliphatic carboxylic acids is 1. The van der Waals surface area contributed by atoms with Gasteiger partial charge in [-0.1, -0.05) is 32.1 Å². The molecule has 0 saturated carbocycles. The Bertz CT molecular complexity index is 510. The molecule has 0 fully saturated rings. The zero-order valence-corrected chi connectivity index (χ0v) is 12.9. The molecule has 5 heteroatoms. The first-order valence-electron chi connectivity index (χ1n) is 6.83. The van der Waals surface area contributed by atoms with Gasteiger partial charge in [-0.15, -0.1) is 0 Å². The summed E-state index contributed by atoms with van der Waals surface area (Å²) in [5.41, 5.74) is 8.28. The van der Waals surface area contributed by atoms with E-state index in [0.717, 1.165) is 29.7 Å². The lowest BCUT2D eigenvalue weighted by molar-refractivity contribution is -0.132. The van der Waals surface area contributed by atoms with Crippen LogP contribution in [0.5, 0.6) is 0 Å². The van der Waals surface area contributed by atoms with Gasteiger partial charge in [-0.3, -0.25) is 0 Å². The number of amides is 2. The number of rotatable bonds is 5. The molecule has 5 nitrogen and oxygen atoms in total. The Hall–Kier alpha value is -2.30. The highest BCUT2D eigenvalue weighted by Crippen LogP contribution is 2.17. The first-order valence-corrected chi connectivity index (χ1v) is 6.83. The number of carbonyl (C=O) groups excluding carboxylic acids is 1. The van der Waals surface area contributed by atoms with Crippen LogP contribution >= 0.6 is 0 Å². The third-order valence-electron chi connectivity index (χ3n) is 3.00. The molecule has 0 radical (unpaired) electrons. The van der Waals surface area contributed by atoms with Crippen LogP contribution in [0.15, 0.2) is 30.4 Å². The lowest BCUT2D eigenvalue weighted by Gasteiger charge is -2.07. The number of carbonyl (C=O) groups is 2. The Morgan fingerprint density at radius 2 is 1.95 bits per heavy atom. The molecular formula is C16H24N2O3. The van der Waals surface area contributed by atoms with E-state index in [-0.39, 0.29) is 0 Å². The second kappa shape index (κ2) is 9.58. The van der Waals surface area contributed by atoms with Gasteiger partial charge >= 0.3 is 12.0 Å². The van der Waals surface area contributed by atoms with Crippen LogP contribution in [0.2, 0.25) is 0 Å². The van der Waals surface area contributed by atoms with E-state index in [1.807, 2.05) is 39.0 Å². The molecule has 0 heterocycles. The van der Waals surface area contributed by atoms with Gasteiger partial charge in [-0.05, 0) is 43.9 Å². The maximum atomic E-state index is 10.5. The van der Waals surface area contributed by atoms with Gasteiger partial charge < -0.3 is 16.2 Å². The maximum Gasteiger partial charge on any atom is 0.330 e. The van der Waals surface area contributed by atoms with E-state index < -0.39 is 12.0 Å². The smallest absolute Gasteiger partial charge is 0.330 e. The summed E-state index contributed by atoms with van der Waals surface area (Å²) >= 11 is 0. The van der Waals surface area contributed by atoms with Crippen molar-refractivity contribution in [3.05, 3.63) is 41.5 Å². The Morgan fingerprint density at radius 3 is 2.43 bits per heavy atom. The van der Waals surface area contributed by atoms with E-state index in [4.69, 9.17) is 10.8 Å². The van der Waals surface area contributed by atoms with E-state index >= 15 is 0 Å². The monoisotopic (exact) mass is 292 g/mol. The van der Waals surface area contributed by atoms with Crippen molar-refractivity contribution in [3.63, 3.8) is 0 Å². The molecule has 0 unspecified atom stereocenters. The quantitative estimate of drug-likeness (QED) is 0.724. The Labute approximate surface area is 125 Å². The minimum atomic E-state index is -0.872. The highest BCUT2D eigenvalue weighted by Gasteiger charge is 2.01. The molecule has 1 aromatic carbocycles. The summed E-state index contributed by atoms with van der Waals surface area (Å²) in [5, 5.41) is 10.9. The van der Waals surface area contributed by atoms with Gasteiger partial charge in [-0.25, -0.2) is 9.59 Å². The lowest BCUT2D eigenvalue weighted by Crippen LogP contribution is -2.19. The maximum absolute atomic E-state index is 10.5. The van der Waals surface area contributed by atoms with E-state index in [1.165, 1.54) is 0 Å². The van der Waals surface area contributed by atoms with E-state index in [0.29, 0.717) is 12.0 Å². The van der Waals surface area contributed by atoms with Crippen molar-refractivity contribution in [2.75, 3.05) is 5.32 Å². The number of primary amides is 1. The fraction of sp³-hybridized carbons (Fsp3) is 0.375. The molecule has 1 rings (SSSR count). The third-order valence-corrected chi connectivity index (χ3v) is 3.00. The minimum Gasteiger partial charge on any atom is -0.478 e. The molecular weight excluding hydrogens is 268 g/mol. The molecule has 21 heavy (non-hydrogen) atoms. The van der Waals surface area contributed by atoms with E-state index in [2.05, 4.69) is 11.9 Å². The number of carboxylic acid groups (broad SMARTS) is 1. The molecule has 0 spiro atoms. The second-order valence-corrected chi connectivity index (χ2v) is 4.75. The number of aryl methyl sites for hydroxylation is 1. The third kappa shape index (κ3) is 7.77. The predicted octanol–water partition coefficient (Wildman–Crippen LogP) is 3.61. The standard InChI is InChI=1S/C9H12N2O.C7H12O2/c1-6-4-3-5-8(7(6)2)11-9(10)12;1-3-4-5-6(2)7(8)9/h3-5H,1-2H3,(H3,10,11,12);2-5H2,1H3,(H,8,9). The topological polar surface area (TPSA) is 92.4 Å².